The molecule has 9 heteroatoms. The standard InChI is InChI=1S/C22H23N7O2/c1-14-25-8-17(9-26-14)22(31)27-10-19-16-7-15(18-3-2-4-21(30)29(18)19)12-28(13-16)20-11-23-5-6-24-20/h2-6,8-9,11,15-16,19H,7,10,12-13H2,1H3,(H,27,31)/t15-,16+,19+/m1/s1. The van der Waals surface area contributed by atoms with Crippen LogP contribution in [0.3, 0.4) is 0 Å². The molecule has 1 N–H and O–H groups in total. The van der Waals surface area contributed by atoms with Crippen molar-refractivity contribution < 1.29 is 4.79 Å². The Labute approximate surface area is 179 Å². The Hall–Kier alpha value is -3.62. The Morgan fingerprint density at radius 2 is 1.97 bits per heavy atom. The van der Waals surface area contributed by atoms with Crippen LogP contribution in [0.25, 0.3) is 0 Å². The van der Waals surface area contributed by atoms with Gasteiger partial charge in [-0.2, -0.15) is 0 Å². The van der Waals surface area contributed by atoms with E-state index in [1.54, 1.807) is 31.6 Å². The minimum Gasteiger partial charge on any atom is -0.354 e. The summed E-state index contributed by atoms with van der Waals surface area (Å²) in [6, 6.07) is 5.28. The summed E-state index contributed by atoms with van der Waals surface area (Å²) in [6.07, 6.45) is 9.13. The van der Waals surface area contributed by atoms with E-state index < -0.39 is 0 Å². The first kappa shape index (κ1) is 19.3. The fraction of sp³-hybridized carbons (Fsp3) is 0.364. The normalized spacial score (nSPS) is 22.0. The summed E-state index contributed by atoms with van der Waals surface area (Å²) < 4.78 is 1.87. The third-order valence-corrected chi connectivity index (χ3v) is 6.19. The second-order valence-electron chi connectivity index (χ2n) is 8.12. The maximum atomic E-state index is 12.8. The number of nitrogens with zero attached hydrogens (tertiary/aromatic N) is 6. The van der Waals surface area contributed by atoms with E-state index in [1.807, 2.05) is 16.7 Å². The summed E-state index contributed by atoms with van der Waals surface area (Å²) in [5.74, 6) is 1.63. The summed E-state index contributed by atoms with van der Waals surface area (Å²) in [5, 5.41) is 2.99. The van der Waals surface area contributed by atoms with E-state index in [4.69, 9.17) is 0 Å². The number of anilines is 1. The van der Waals surface area contributed by atoms with Crippen molar-refractivity contribution in [2.45, 2.75) is 25.3 Å². The fourth-order valence-electron chi connectivity index (χ4n) is 4.76. The predicted octanol–water partition coefficient (Wildman–Crippen LogP) is 1.33. The Morgan fingerprint density at radius 1 is 1.13 bits per heavy atom. The van der Waals surface area contributed by atoms with E-state index in [2.05, 4.69) is 30.2 Å². The van der Waals surface area contributed by atoms with Crippen LogP contribution < -0.4 is 15.8 Å². The molecule has 158 valence electrons. The molecule has 1 saturated heterocycles. The number of nitrogens with one attached hydrogen (secondary N) is 1. The number of piperidine rings is 1. The van der Waals surface area contributed by atoms with E-state index in [9.17, 15) is 9.59 Å². The van der Waals surface area contributed by atoms with Gasteiger partial charge in [0.2, 0.25) is 0 Å². The lowest BCUT2D eigenvalue weighted by molar-refractivity contribution is 0.0934. The van der Waals surface area contributed by atoms with Crippen LogP contribution in [-0.2, 0) is 0 Å². The lowest BCUT2D eigenvalue weighted by Crippen LogP contribution is -2.52. The van der Waals surface area contributed by atoms with Gasteiger partial charge >= 0.3 is 0 Å². The molecule has 2 bridgehead atoms. The van der Waals surface area contributed by atoms with Gasteiger partial charge in [0.1, 0.15) is 11.6 Å². The van der Waals surface area contributed by atoms with Crippen molar-refractivity contribution in [1.82, 2.24) is 29.8 Å². The lowest BCUT2D eigenvalue weighted by Gasteiger charge is -2.47. The summed E-state index contributed by atoms with van der Waals surface area (Å²) in [7, 11) is 0. The number of fused-ring (bicyclic) bond motifs is 4. The van der Waals surface area contributed by atoms with Crippen LogP contribution in [0.15, 0.2) is 54.0 Å². The van der Waals surface area contributed by atoms with Gasteiger partial charge in [-0.15, -0.1) is 0 Å². The highest BCUT2D eigenvalue weighted by molar-refractivity contribution is 5.93. The first-order valence-corrected chi connectivity index (χ1v) is 10.4. The van der Waals surface area contributed by atoms with Gasteiger partial charge in [0.05, 0.1) is 17.8 Å². The van der Waals surface area contributed by atoms with Gasteiger partial charge < -0.3 is 14.8 Å². The Morgan fingerprint density at radius 3 is 2.74 bits per heavy atom. The Bertz CT molecular complexity index is 1150. The van der Waals surface area contributed by atoms with Crippen LogP contribution in [0.1, 0.15) is 40.3 Å². The molecule has 0 radical (unpaired) electrons. The number of pyridine rings is 1. The molecule has 2 aliphatic rings. The topological polar surface area (TPSA) is 106 Å². The second-order valence-corrected chi connectivity index (χ2v) is 8.12. The van der Waals surface area contributed by atoms with Crippen LogP contribution >= 0.6 is 0 Å². The first-order chi connectivity index (χ1) is 15.1. The van der Waals surface area contributed by atoms with Crippen molar-refractivity contribution in [1.29, 1.82) is 0 Å². The molecule has 3 aromatic rings. The molecule has 0 unspecified atom stereocenters. The second kappa shape index (κ2) is 7.90. The zero-order valence-electron chi connectivity index (χ0n) is 17.2. The van der Waals surface area contributed by atoms with Gasteiger partial charge in [-0.05, 0) is 25.3 Å². The number of amides is 1. The highest BCUT2D eigenvalue weighted by Crippen LogP contribution is 2.41. The molecular formula is C22H23N7O2. The molecule has 3 atom stereocenters. The summed E-state index contributed by atoms with van der Waals surface area (Å²) in [5.41, 5.74) is 1.39. The van der Waals surface area contributed by atoms with Crippen LogP contribution in [0.2, 0.25) is 0 Å². The number of hydrogen-bond acceptors (Lipinski definition) is 7. The molecule has 0 aliphatic carbocycles. The molecule has 5 heterocycles. The largest absolute Gasteiger partial charge is 0.354 e. The van der Waals surface area contributed by atoms with E-state index in [0.29, 0.717) is 17.9 Å². The molecule has 31 heavy (non-hydrogen) atoms. The van der Waals surface area contributed by atoms with Crippen molar-refractivity contribution in [3.05, 3.63) is 76.6 Å². The fourth-order valence-corrected chi connectivity index (χ4v) is 4.76. The van der Waals surface area contributed by atoms with Gasteiger partial charge in [-0.3, -0.25) is 14.6 Å². The smallest absolute Gasteiger partial charge is 0.254 e. The summed E-state index contributed by atoms with van der Waals surface area (Å²) in [4.78, 5) is 44.5. The zero-order chi connectivity index (χ0) is 21.4. The number of carbonyl (C=O) groups excluding carboxylic acids is 1. The van der Waals surface area contributed by atoms with Crippen LogP contribution in [0.4, 0.5) is 5.82 Å². The Balaban J connectivity index is 1.43. The highest BCUT2D eigenvalue weighted by atomic mass is 16.1. The number of aryl methyl sites for hydroxylation is 1. The van der Waals surface area contributed by atoms with Gasteiger partial charge in [-0.25, -0.2) is 15.0 Å². The van der Waals surface area contributed by atoms with E-state index in [0.717, 1.165) is 31.0 Å². The zero-order valence-corrected chi connectivity index (χ0v) is 17.2. The van der Waals surface area contributed by atoms with Crippen molar-refractivity contribution in [2.24, 2.45) is 5.92 Å². The molecule has 0 spiro atoms. The van der Waals surface area contributed by atoms with Crippen LogP contribution in [0, 0.1) is 12.8 Å². The molecule has 9 nitrogen and oxygen atoms in total. The average Bonchev–Trinajstić information content (AvgIpc) is 2.80. The predicted molar refractivity (Wildman–Crippen MR) is 114 cm³/mol. The Kier molecular flexibility index (Phi) is 4.93. The molecule has 1 fully saturated rings. The van der Waals surface area contributed by atoms with E-state index >= 15 is 0 Å². The number of rotatable bonds is 4. The third kappa shape index (κ3) is 3.67. The molecule has 5 rings (SSSR count). The van der Waals surface area contributed by atoms with E-state index in [1.165, 1.54) is 12.4 Å². The molecule has 3 aromatic heterocycles. The van der Waals surface area contributed by atoms with Gasteiger partial charge in [0.25, 0.3) is 11.5 Å². The van der Waals surface area contributed by atoms with E-state index in [-0.39, 0.29) is 29.3 Å². The van der Waals surface area contributed by atoms with Crippen molar-refractivity contribution in [3.8, 4) is 0 Å². The maximum Gasteiger partial charge on any atom is 0.254 e. The third-order valence-electron chi connectivity index (χ3n) is 6.19. The van der Waals surface area contributed by atoms with Gasteiger partial charge in [0, 0.05) is 62.1 Å². The lowest BCUT2D eigenvalue weighted by atomic mass is 9.78. The van der Waals surface area contributed by atoms with Crippen molar-refractivity contribution in [2.75, 3.05) is 24.5 Å². The van der Waals surface area contributed by atoms with Crippen LogP contribution in [-0.4, -0.2) is 50.0 Å². The number of carbonyl (C=O) groups is 1. The average molecular weight is 417 g/mol. The monoisotopic (exact) mass is 417 g/mol. The highest BCUT2D eigenvalue weighted by Gasteiger charge is 2.41. The SMILES string of the molecule is Cc1ncc(C(=O)NC[C@H]2[C@H]3C[C@H](CN(c4cnccn4)C3)c3cccc(=O)n32)cn1. The quantitative estimate of drug-likeness (QED) is 0.683. The first-order valence-electron chi connectivity index (χ1n) is 10.4. The minimum absolute atomic E-state index is 0.0296. The molecule has 1 amide bonds. The number of aromatic nitrogens is 5. The molecule has 2 aliphatic heterocycles. The van der Waals surface area contributed by atoms with Gasteiger partial charge in [0.15, 0.2) is 0 Å². The van der Waals surface area contributed by atoms with Crippen molar-refractivity contribution in [3.63, 3.8) is 0 Å². The molecule has 0 aromatic carbocycles. The van der Waals surface area contributed by atoms with Gasteiger partial charge in [-0.1, -0.05) is 6.07 Å². The minimum atomic E-state index is -0.241. The summed E-state index contributed by atoms with van der Waals surface area (Å²) >= 11 is 0. The maximum absolute atomic E-state index is 12.8. The summed E-state index contributed by atoms with van der Waals surface area (Å²) in [6.45, 7) is 3.67. The van der Waals surface area contributed by atoms with Crippen molar-refractivity contribution >= 4 is 11.7 Å². The number of hydrogen-bond donors (Lipinski definition) is 1. The molecule has 0 saturated carbocycles. The van der Waals surface area contributed by atoms with Crippen LogP contribution in [0.5, 0.6) is 0 Å². The molecular weight excluding hydrogens is 394 g/mol.